The molecular weight excluding hydrogens is 357 g/mol. The number of rotatable bonds is 8. The lowest BCUT2D eigenvalue weighted by atomic mass is 10.0. The molecule has 0 saturated carbocycles. The Morgan fingerprint density at radius 2 is 2.04 bits per heavy atom. The van der Waals surface area contributed by atoms with Gasteiger partial charge in [-0.25, -0.2) is 23.1 Å². The number of halogens is 3. The summed E-state index contributed by atoms with van der Waals surface area (Å²) < 4.78 is 46.1. The van der Waals surface area contributed by atoms with Crippen LogP contribution >= 0.6 is 0 Å². The van der Waals surface area contributed by atoms with Gasteiger partial charge >= 0.3 is 0 Å². The molecule has 1 aliphatic rings. The second-order valence-corrected chi connectivity index (χ2v) is 6.71. The Hall–Kier alpha value is -2.35. The summed E-state index contributed by atoms with van der Waals surface area (Å²) in [5, 5.41) is 6.28. The van der Waals surface area contributed by atoms with E-state index in [0.717, 1.165) is 25.6 Å². The Morgan fingerprint density at radius 1 is 1.30 bits per heavy atom. The van der Waals surface area contributed by atoms with E-state index in [1.54, 1.807) is 20.0 Å². The highest BCUT2D eigenvalue weighted by atomic mass is 19.3. The molecule has 1 aromatic heterocycles. The van der Waals surface area contributed by atoms with Crippen LogP contribution in [0.15, 0.2) is 24.4 Å². The van der Waals surface area contributed by atoms with Gasteiger partial charge in [0.25, 0.3) is 6.43 Å². The molecule has 1 aliphatic heterocycles. The molecule has 0 bridgehead atoms. The smallest absolute Gasteiger partial charge is 0.266 e. The first-order valence-corrected chi connectivity index (χ1v) is 8.96. The topological polar surface area (TPSA) is 59.1 Å². The lowest BCUT2D eigenvalue weighted by molar-refractivity contribution is 0.146. The maximum atomic E-state index is 14.4. The number of hydrogen-bond acceptors (Lipinski definition) is 5. The van der Waals surface area contributed by atoms with Gasteiger partial charge in [0.05, 0.1) is 24.4 Å². The fraction of sp³-hybridized carbons (Fsp3) is 0.474. The summed E-state index contributed by atoms with van der Waals surface area (Å²) in [6, 6.07) is 3.43. The van der Waals surface area contributed by atoms with Crippen molar-refractivity contribution in [3.8, 4) is 5.75 Å². The lowest BCUT2D eigenvalue weighted by Crippen LogP contribution is -2.42. The Bertz CT molecular complexity index is 784. The summed E-state index contributed by atoms with van der Waals surface area (Å²) in [4.78, 5) is 8.47. The van der Waals surface area contributed by atoms with Crippen LogP contribution in [0.1, 0.15) is 42.8 Å². The molecule has 0 unspecified atom stereocenters. The van der Waals surface area contributed by atoms with Crippen LogP contribution in [-0.2, 0) is 0 Å². The third-order valence-electron chi connectivity index (χ3n) is 4.64. The summed E-state index contributed by atoms with van der Waals surface area (Å²) in [6.45, 7) is 5.94. The molecule has 2 heterocycles. The van der Waals surface area contributed by atoms with E-state index < -0.39 is 23.8 Å². The van der Waals surface area contributed by atoms with Gasteiger partial charge < -0.3 is 15.4 Å². The molecule has 1 saturated heterocycles. The fourth-order valence-electron chi connectivity index (χ4n) is 2.91. The minimum Gasteiger partial charge on any atom is -0.488 e. The first kappa shape index (κ1) is 19.4. The number of nitrogens with one attached hydrogen (secondary N) is 2. The van der Waals surface area contributed by atoms with Gasteiger partial charge in [0.15, 0.2) is 11.6 Å². The van der Waals surface area contributed by atoms with Gasteiger partial charge in [-0.15, -0.1) is 0 Å². The van der Waals surface area contributed by atoms with E-state index in [-0.39, 0.29) is 5.56 Å². The summed E-state index contributed by atoms with van der Waals surface area (Å²) >= 11 is 0. The molecule has 0 amide bonds. The van der Waals surface area contributed by atoms with E-state index in [1.807, 2.05) is 0 Å². The molecule has 0 aliphatic carbocycles. The molecule has 8 heteroatoms. The molecule has 27 heavy (non-hydrogen) atoms. The summed E-state index contributed by atoms with van der Waals surface area (Å²) in [6.07, 6.45) is -0.373. The van der Waals surface area contributed by atoms with E-state index in [4.69, 9.17) is 4.74 Å². The summed E-state index contributed by atoms with van der Waals surface area (Å²) in [5.74, 6) is 1.12. The van der Waals surface area contributed by atoms with E-state index in [2.05, 4.69) is 20.6 Å². The van der Waals surface area contributed by atoms with Gasteiger partial charge in [0.2, 0.25) is 0 Å². The molecular formula is C19H23F3N4O. The molecule has 5 nitrogen and oxygen atoms in total. The van der Waals surface area contributed by atoms with Crippen LogP contribution < -0.4 is 15.4 Å². The van der Waals surface area contributed by atoms with E-state index in [9.17, 15) is 13.2 Å². The normalized spacial score (nSPS) is 15.5. The van der Waals surface area contributed by atoms with Crippen LogP contribution in [-0.4, -0.2) is 29.7 Å². The van der Waals surface area contributed by atoms with Gasteiger partial charge in [-0.05, 0) is 39.3 Å². The molecule has 1 atom stereocenters. The average molecular weight is 380 g/mol. The largest absolute Gasteiger partial charge is 0.488 e. The van der Waals surface area contributed by atoms with Gasteiger partial charge in [-0.1, -0.05) is 18.2 Å². The summed E-state index contributed by atoms with van der Waals surface area (Å²) in [5.41, 5.74) is -0.457. The number of alkyl halides is 2. The van der Waals surface area contributed by atoms with Gasteiger partial charge in [-0.2, -0.15) is 0 Å². The Labute approximate surface area is 156 Å². The van der Waals surface area contributed by atoms with Crippen molar-refractivity contribution < 1.29 is 17.9 Å². The van der Waals surface area contributed by atoms with Crippen LogP contribution in [0.2, 0.25) is 0 Å². The number of aryl methyl sites for hydroxylation is 1. The van der Waals surface area contributed by atoms with Crippen LogP contribution in [0.25, 0.3) is 0 Å². The molecule has 1 fully saturated rings. The van der Waals surface area contributed by atoms with Gasteiger partial charge in [0, 0.05) is 5.56 Å². The Balaban J connectivity index is 1.73. The molecule has 1 aromatic carbocycles. The van der Waals surface area contributed by atoms with Crippen LogP contribution in [0, 0.1) is 18.7 Å². The molecule has 2 N–H and O–H groups in total. The summed E-state index contributed by atoms with van der Waals surface area (Å²) in [7, 11) is 0. The second-order valence-electron chi connectivity index (χ2n) is 6.71. The number of hydrogen-bond donors (Lipinski definition) is 2. The van der Waals surface area contributed by atoms with Crippen molar-refractivity contribution in [2.45, 2.75) is 32.7 Å². The number of ether oxygens (including phenoxy) is 1. The van der Waals surface area contributed by atoms with Crippen molar-refractivity contribution >= 4 is 5.82 Å². The molecule has 0 radical (unpaired) electrons. The number of benzene rings is 1. The highest BCUT2D eigenvalue weighted by Crippen LogP contribution is 2.31. The maximum Gasteiger partial charge on any atom is 0.266 e. The fourth-order valence-corrected chi connectivity index (χ4v) is 2.91. The van der Waals surface area contributed by atoms with Crippen molar-refractivity contribution in [3.63, 3.8) is 0 Å². The maximum absolute atomic E-state index is 14.4. The molecule has 2 aromatic rings. The van der Waals surface area contributed by atoms with Gasteiger partial charge in [-0.3, -0.25) is 0 Å². The SMILES string of the molecule is Cc1ncc(OCCC2CNC2)c(N[C@H](C)c2cccc(C(F)F)c2F)n1. The third kappa shape index (κ3) is 4.68. The minimum atomic E-state index is -2.86. The quantitative estimate of drug-likeness (QED) is 0.724. The first-order valence-electron chi connectivity index (χ1n) is 8.96. The van der Waals surface area contributed by atoms with Crippen molar-refractivity contribution in [1.82, 2.24) is 15.3 Å². The standard InChI is InChI=1S/C19H23F3N4O/c1-11(14-4-3-5-15(17(14)20)18(21)22)25-19-16(10-24-12(2)26-19)27-7-6-13-8-23-9-13/h3-5,10-11,13,18,23H,6-9H2,1-2H3,(H,24,25,26)/t11-/m1/s1. The van der Waals surface area contributed by atoms with Crippen molar-refractivity contribution in [2.75, 3.05) is 25.0 Å². The Kier molecular flexibility index (Phi) is 6.15. The molecule has 146 valence electrons. The zero-order valence-electron chi connectivity index (χ0n) is 15.3. The zero-order chi connectivity index (χ0) is 19.4. The van der Waals surface area contributed by atoms with Gasteiger partial charge in [0.1, 0.15) is 11.6 Å². The highest BCUT2D eigenvalue weighted by molar-refractivity contribution is 5.50. The Morgan fingerprint density at radius 3 is 2.70 bits per heavy atom. The average Bonchev–Trinajstić information content (AvgIpc) is 2.58. The predicted molar refractivity (Wildman–Crippen MR) is 96.6 cm³/mol. The van der Waals surface area contributed by atoms with Crippen LogP contribution in [0.4, 0.5) is 19.0 Å². The molecule has 3 rings (SSSR count). The number of aromatic nitrogens is 2. The van der Waals surface area contributed by atoms with E-state index >= 15 is 0 Å². The van der Waals surface area contributed by atoms with Crippen molar-refractivity contribution in [1.29, 1.82) is 0 Å². The van der Waals surface area contributed by atoms with Crippen LogP contribution in [0.3, 0.4) is 0 Å². The van der Waals surface area contributed by atoms with E-state index in [0.29, 0.717) is 29.9 Å². The van der Waals surface area contributed by atoms with E-state index in [1.165, 1.54) is 12.1 Å². The monoisotopic (exact) mass is 380 g/mol. The highest BCUT2D eigenvalue weighted by Gasteiger charge is 2.21. The minimum absolute atomic E-state index is 0.149. The number of nitrogens with zero attached hydrogens (tertiary/aromatic N) is 2. The van der Waals surface area contributed by atoms with Crippen LogP contribution in [0.5, 0.6) is 5.75 Å². The van der Waals surface area contributed by atoms with Crippen molar-refractivity contribution in [3.05, 3.63) is 47.2 Å². The predicted octanol–water partition coefficient (Wildman–Crippen LogP) is 4.02. The second kappa shape index (κ2) is 8.56. The lowest BCUT2D eigenvalue weighted by Gasteiger charge is -2.27. The molecule has 0 spiro atoms. The first-order chi connectivity index (χ1) is 13.0. The third-order valence-corrected chi connectivity index (χ3v) is 4.64. The van der Waals surface area contributed by atoms with Crippen molar-refractivity contribution in [2.24, 2.45) is 5.92 Å². The zero-order valence-corrected chi connectivity index (χ0v) is 15.3. The number of anilines is 1.